The quantitative estimate of drug-likeness (QED) is 0.717. The number of nitrogens with one attached hydrogen (secondary N) is 1. The molecule has 106 valence electrons. The molecule has 0 radical (unpaired) electrons. The van der Waals surface area contributed by atoms with E-state index < -0.39 is 5.82 Å². The molecule has 0 saturated heterocycles. The fourth-order valence-electron chi connectivity index (χ4n) is 2.24. The summed E-state index contributed by atoms with van der Waals surface area (Å²) in [5, 5.41) is 0.797. The zero-order chi connectivity index (χ0) is 15.0. The Morgan fingerprint density at radius 2 is 2.05 bits per heavy atom. The van der Waals surface area contributed by atoms with Gasteiger partial charge in [0.05, 0.1) is 7.11 Å². The summed E-state index contributed by atoms with van der Waals surface area (Å²) in [5.41, 5.74) is 1.65. The summed E-state index contributed by atoms with van der Waals surface area (Å²) >= 11 is 3.39. The molecule has 1 N–H and O–H groups in total. The molecule has 1 aromatic heterocycles. The first-order valence-electron chi connectivity index (χ1n) is 6.25. The second-order valence-electron chi connectivity index (χ2n) is 4.57. The lowest BCUT2D eigenvalue weighted by molar-refractivity contribution is 0.104. The highest BCUT2D eigenvalue weighted by Crippen LogP contribution is 2.26. The van der Waals surface area contributed by atoms with Gasteiger partial charge in [0.25, 0.3) is 0 Å². The molecule has 2 aromatic carbocycles. The van der Waals surface area contributed by atoms with Gasteiger partial charge in [-0.05, 0) is 36.4 Å². The van der Waals surface area contributed by atoms with E-state index in [9.17, 15) is 9.18 Å². The van der Waals surface area contributed by atoms with Crippen molar-refractivity contribution in [3.63, 3.8) is 0 Å². The molecule has 0 saturated carbocycles. The van der Waals surface area contributed by atoms with Crippen molar-refractivity contribution in [3.05, 3.63) is 64.0 Å². The molecule has 0 amide bonds. The van der Waals surface area contributed by atoms with Crippen molar-refractivity contribution in [3.8, 4) is 5.75 Å². The molecule has 0 atom stereocenters. The molecule has 1 heterocycles. The summed E-state index contributed by atoms with van der Waals surface area (Å²) in [6, 6.07) is 9.83. The molecule has 0 bridgehead atoms. The van der Waals surface area contributed by atoms with E-state index in [1.165, 1.54) is 19.2 Å². The first-order valence-corrected chi connectivity index (χ1v) is 7.04. The van der Waals surface area contributed by atoms with E-state index >= 15 is 0 Å². The van der Waals surface area contributed by atoms with Gasteiger partial charge in [0.2, 0.25) is 0 Å². The van der Waals surface area contributed by atoms with Crippen molar-refractivity contribution in [2.24, 2.45) is 0 Å². The molecule has 0 aliphatic carbocycles. The number of H-pyrrole nitrogens is 1. The van der Waals surface area contributed by atoms with E-state index in [4.69, 9.17) is 4.74 Å². The van der Waals surface area contributed by atoms with E-state index in [-0.39, 0.29) is 17.1 Å². The van der Waals surface area contributed by atoms with Gasteiger partial charge < -0.3 is 9.72 Å². The fourth-order valence-corrected chi connectivity index (χ4v) is 2.60. The molecule has 0 aliphatic heterocycles. The van der Waals surface area contributed by atoms with Crippen LogP contribution in [0.15, 0.2) is 47.1 Å². The number of aromatic amines is 1. The predicted octanol–water partition coefficient (Wildman–Crippen LogP) is 4.31. The molecule has 3 nitrogen and oxygen atoms in total. The Morgan fingerprint density at radius 3 is 2.76 bits per heavy atom. The molecule has 3 aromatic rings. The van der Waals surface area contributed by atoms with Gasteiger partial charge in [0.15, 0.2) is 17.3 Å². The van der Waals surface area contributed by atoms with E-state index in [1.807, 2.05) is 18.2 Å². The highest BCUT2D eigenvalue weighted by atomic mass is 79.9. The zero-order valence-electron chi connectivity index (χ0n) is 11.1. The van der Waals surface area contributed by atoms with Crippen molar-refractivity contribution < 1.29 is 13.9 Å². The average Bonchev–Trinajstić information content (AvgIpc) is 2.89. The van der Waals surface area contributed by atoms with Gasteiger partial charge in [-0.15, -0.1) is 0 Å². The van der Waals surface area contributed by atoms with Gasteiger partial charge in [0.1, 0.15) is 0 Å². The lowest BCUT2D eigenvalue weighted by atomic mass is 10.0. The number of ketones is 1. The maximum atomic E-state index is 13.7. The number of hydrogen-bond acceptors (Lipinski definition) is 2. The van der Waals surface area contributed by atoms with Crippen LogP contribution < -0.4 is 4.74 Å². The second-order valence-corrected chi connectivity index (χ2v) is 5.49. The Kier molecular flexibility index (Phi) is 3.51. The third kappa shape index (κ3) is 2.45. The fraction of sp³-hybridized carbons (Fsp3) is 0.0625. The Morgan fingerprint density at radius 1 is 1.24 bits per heavy atom. The van der Waals surface area contributed by atoms with Crippen LogP contribution in [0.25, 0.3) is 10.9 Å². The molecule has 0 spiro atoms. The number of methoxy groups -OCH3 is 1. The first kappa shape index (κ1) is 13.8. The summed E-state index contributed by atoms with van der Waals surface area (Å²) < 4.78 is 19.5. The maximum Gasteiger partial charge on any atom is 0.195 e. The van der Waals surface area contributed by atoms with E-state index in [0.717, 1.165) is 15.4 Å². The number of benzene rings is 2. The van der Waals surface area contributed by atoms with Crippen LogP contribution in [0.5, 0.6) is 5.75 Å². The highest BCUT2D eigenvalue weighted by Gasteiger charge is 2.16. The number of fused-ring (bicyclic) bond motifs is 1. The van der Waals surface area contributed by atoms with Crippen LogP contribution in [0.2, 0.25) is 0 Å². The van der Waals surface area contributed by atoms with Crippen LogP contribution in [0.4, 0.5) is 4.39 Å². The summed E-state index contributed by atoms with van der Waals surface area (Å²) in [4.78, 5) is 15.6. The highest BCUT2D eigenvalue weighted by molar-refractivity contribution is 9.10. The monoisotopic (exact) mass is 347 g/mol. The largest absolute Gasteiger partial charge is 0.494 e. The maximum absolute atomic E-state index is 13.7. The zero-order valence-corrected chi connectivity index (χ0v) is 12.7. The van der Waals surface area contributed by atoms with Gasteiger partial charge in [-0.3, -0.25) is 4.79 Å². The standard InChI is InChI=1S/C16H11BrFNO2/c1-21-15-5-2-9(6-13(15)18)16(20)12-8-19-14-4-3-10(17)7-11(12)14/h2-8,19H,1H3. The van der Waals surface area contributed by atoms with Gasteiger partial charge in [-0.2, -0.15) is 0 Å². The van der Waals surface area contributed by atoms with E-state index in [0.29, 0.717) is 5.56 Å². The minimum absolute atomic E-state index is 0.119. The number of carbonyl (C=O) groups is 1. The van der Waals surface area contributed by atoms with Gasteiger partial charge in [0, 0.05) is 32.7 Å². The molecular weight excluding hydrogens is 337 g/mol. The molecule has 0 aliphatic rings. The Labute approximate surface area is 128 Å². The number of hydrogen-bond donors (Lipinski definition) is 1. The lowest BCUT2D eigenvalue weighted by Gasteiger charge is -2.04. The van der Waals surface area contributed by atoms with Gasteiger partial charge >= 0.3 is 0 Å². The SMILES string of the molecule is COc1ccc(C(=O)c2c[nH]c3ccc(Br)cc23)cc1F. The predicted molar refractivity (Wildman–Crippen MR) is 82.4 cm³/mol. The molecule has 5 heteroatoms. The topological polar surface area (TPSA) is 42.1 Å². The number of rotatable bonds is 3. The Hall–Kier alpha value is -2.14. The van der Waals surface area contributed by atoms with Crippen LogP contribution in [0.3, 0.4) is 0 Å². The van der Waals surface area contributed by atoms with Crippen molar-refractivity contribution in [2.75, 3.05) is 7.11 Å². The van der Waals surface area contributed by atoms with Crippen molar-refractivity contribution in [2.45, 2.75) is 0 Å². The number of carbonyl (C=O) groups excluding carboxylic acids is 1. The van der Waals surface area contributed by atoms with Crippen LogP contribution in [-0.2, 0) is 0 Å². The number of aromatic nitrogens is 1. The Balaban J connectivity index is 2.08. The average molecular weight is 348 g/mol. The third-order valence-electron chi connectivity index (χ3n) is 3.30. The molecule has 0 unspecified atom stereocenters. The number of halogens is 2. The van der Waals surface area contributed by atoms with Crippen LogP contribution in [0, 0.1) is 5.82 Å². The second kappa shape index (κ2) is 5.33. The van der Waals surface area contributed by atoms with Crippen molar-refractivity contribution in [1.82, 2.24) is 4.98 Å². The Bertz CT molecular complexity index is 841. The normalized spacial score (nSPS) is 10.8. The summed E-state index contributed by atoms with van der Waals surface area (Å²) in [5.74, 6) is -0.668. The summed E-state index contributed by atoms with van der Waals surface area (Å²) in [7, 11) is 1.39. The van der Waals surface area contributed by atoms with Crippen LogP contribution in [0.1, 0.15) is 15.9 Å². The minimum atomic E-state index is -0.552. The first-order chi connectivity index (χ1) is 10.1. The van der Waals surface area contributed by atoms with Gasteiger partial charge in [-0.1, -0.05) is 15.9 Å². The van der Waals surface area contributed by atoms with Gasteiger partial charge in [-0.25, -0.2) is 4.39 Å². The van der Waals surface area contributed by atoms with Crippen molar-refractivity contribution >= 4 is 32.6 Å². The van der Waals surface area contributed by atoms with Crippen LogP contribution in [-0.4, -0.2) is 17.9 Å². The minimum Gasteiger partial charge on any atom is -0.494 e. The summed E-state index contributed by atoms with van der Waals surface area (Å²) in [6.07, 6.45) is 1.64. The van der Waals surface area contributed by atoms with E-state index in [1.54, 1.807) is 12.3 Å². The van der Waals surface area contributed by atoms with Crippen LogP contribution >= 0.6 is 15.9 Å². The summed E-state index contributed by atoms with van der Waals surface area (Å²) in [6.45, 7) is 0. The lowest BCUT2D eigenvalue weighted by Crippen LogP contribution is -2.01. The molecular formula is C16H11BrFNO2. The smallest absolute Gasteiger partial charge is 0.195 e. The molecule has 0 fully saturated rings. The third-order valence-corrected chi connectivity index (χ3v) is 3.80. The molecule has 21 heavy (non-hydrogen) atoms. The van der Waals surface area contributed by atoms with E-state index in [2.05, 4.69) is 20.9 Å². The van der Waals surface area contributed by atoms with Crippen molar-refractivity contribution in [1.29, 1.82) is 0 Å². The number of ether oxygens (including phenoxy) is 1. The molecule has 3 rings (SSSR count).